The van der Waals surface area contributed by atoms with Crippen LogP contribution in [0.5, 0.6) is 40.2 Å². The first-order valence-electron chi connectivity index (χ1n) is 12.6. The zero-order valence-corrected chi connectivity index (χ0v) is 24.5. The lowest BCUT2D eigenvalue weighted by atomic mass is 10.1. The molecule has 0 saturated heterocycles. The molecule has 1 amide bonds. The Balaban J connectivity index is 1.78. The van der Waals surface area contributed by atoms with Crippen molar-refractivity contribution >= 4 is 29.1 Å². The molecule has 0 unspecified atom stereocenters. The number of allylic oxidation sites excluding steroid dienone is 1. The van der Waals surface area contributed by atoms with Crippen molar-refractivity contribution < 1.29 is 42.7 Å². The van der Waals surface area contributed by atoms with Crippen LogP contribution in [-0.2, 0) is 4.79 Å². The summed E-state index contributed by atoms with van der Waals surface area (Å²) in [5.74, 6) is 2.36. The van der Waals surface area contributed by atoms with Crippen molar-refractivity contribution in [1.82, 2.24) is 0 Å². The fraction of sp³-hybridized carbons (Fsp3) is 0.226. The highest BCUT2D eigenvalue weighted by atomic mass is 16.5. The molecule has 0 heterocycles. The minimum absolute atomic E-state index is 0.240. The predicted molar refractivity (Wildman–Crippen MR) is 160 cm³/mol. The van der Waals surface area contributed by atoms with Gasteiger partial charge in [0.15, 0.2) is 5.78 Å². The number of methoxy groups -OCH3 is 7. The van der Waals surface area contributed by atoms with E-state index in [2.05, 4.69) is 10.6 Å². The number of amides is 1. The smallest absolute Gasteiger partial charge is 0.248 e. The Morgan fingerprint density at radius 3 is 1.64 bits per heavy atom. The molecule has 11 nitrogen and oxygen atoms in total. The summed E-state index contributed by atoms with van der Waals surface area (Å²) < 4.78 is 37.5. The second kappa shape index (κ2) is 14.9. The summed E-state index contributed by atoms with van der Waals surface area (Å²) in [6, 6.07) is 11.6. The Bertz CT molecular complexity index is 1430. The molecule has 0 fully saturated rings. The van der Waals surface area contributed by atoms with Gasteiger partial charge in [-0.25, -0.2) is 0 Å². The molecule has 0 spiro atoms. The lowest BCUT2D eigenvalue weighted by Gasteiger charge is -2.13. The fourth-order valence-electron chi connectivity index (χ4n) is 3.98. The molecule has 0 saturated carbocycles. The Hall–Kier alpha value is -5.32. The number of anilines is 2. The number of ketones is 1. The molecule has 3 rings (SSSR count). The van der Waals surface area contributed by atoms with Gasteiger partial charge in [-0.15, -0.1) is 0 Å². The topological polar surface area (TPSA) is 123 Å². The SMILES string of the molecule is COc1cc(OC)c(/C=C/C(=O)Nc2ccc(OC)c(N/C=C\C(=O)c3c(OC)cc(OC)cc3OC)c2)c(OC)c1. The number of ether oxygens (including phenoxy) is 7. The van der Waals surface area contributed by atoms with Crippen LogP contribution in [0.2, 0.25) is 0 Å². The van der Waals surface area contributed by atoms with Gasteiger partial charge in [-0.3, -0.25) is 9.59 Å². The Morgan fingerprint density at radius 1 is 0.619 bits per heavy atom. The number of nitrogens with one attached hydrogen (secondary N) is 2. The van der Waals surface area contributed by atoms with Crippen molar-refractivity contribution in [2.45, 2.75) is 0 Å². The van der Waals surface area contributed by atoms with Crippen LogP contribution in [0.3, 0.4) is 0 Å². The van der Waals surface area contributed by atoms with Crippen molar-refractivity contribution in [3.05, 3.63) is 71.9 Å². The maximum atomic E-state index is 13.0. The summed E-state index contributed by atoms with van der Waals surface area (Å²) >= 11 is 0. The first-order valence-corrected chi connectivity index (χ1v) is 12.6. The van der Waals surface area contributed by atoms with E-state index in [1.165, 1.54) is 68.1 Å². The molecule has 2 N–H and O–H groups in total. The average molecular weight is 579 g/mol. The highest BCUT2D eigenvalue weighted by molar-refractivity contribution is 6.09. The number of hydrogen-bond acceptors (Lipinski definition) is 10. The molecule has 0 aliphatic rings. The molecule has 3 aromatic carbocycles. The van der Waals surface area contributed by atoms with Crippen molar-refractivity contribution in [2.24, 2.45) is 0 Å². The van der Waals surface area contributed by atoms with Gasteiger partial charge in [-0.1, -0.05) is 0 Å². The van der Waals surface area contributed by atoms with Crippen molar-refractivity contribution in [3.63, 3.8) is 0 Å². The highest BCUT2D eigenvalue weighted by Crippen LogP contribution is 2.36. The molecular formula is C31H34N2O9. The summed E-state index contributed by atoms with van der Waals surface area (Å²) in [6.45, 7) is 0. The molecule has 3 aromatic rings. The molecule has 0 aromatic heterocycles. The van der Waals surface area contributed by atoms with Crippen LogP contribution in [-0.4, -0.2) is 61.5 Å². The minimum Gasteiger partial charge on any atom is -0.496 e. The van der Waals surface area contributed by atoms with Crippen molar-refractivity contribution in [3.8, 4) is 40.2 Å². The molecule has 0 radical (unpaired) electrons. The summed E-state index contributed by atoms with van der Waals surface area (Å²) in [5, 5.41) is 5.83. The van der Waals surface area contributed by atoms with E-state index in [-0.39, 0.29) is 11.3 Å². The lowest BCUT2D eigenvalue weighted by Crippen LogP contribution is -2.08. The number of carbonyl (C=O) groups is 2. The van der Waals surface area contributed by atoms with E-state index >= 15 is 0 Å². The van der Waals surface area contributed by atoms with E-state index in [9.17, 15) is 9.59 Å². The first-order chi connectivity index (χ1) is 20.3. The van der Waals surface area contributed by atoms with E-state index in [0.29, 0.717) is 57.2 Å². The van der Waals surface area contributed by atoms with Crippen LogP contribution in [0.4, 0.5) is 11.4 Å². The molecule has 11 heteroatoms. The van der Waals surface area contributed by atoms with Gasteiger partial charge in [0, 0.05) is 48.3 Å². The quantitative estimate of drug-likeness (QED) is 0.195. The summed E-state index contributed by atoms with van der Waals surface area (Å²) in [5.41, 5.74) is 1.81. The van der Waals surface area contributed by atoms with E-state index < -0.39 is 5.91 Å². The molecular weight excluding hydrogens is 544 g/mol. The van der Waals surface area contributed by atoms with Crippen LogP contribution in [0, 0.1) is 0 Å². The summed E-state index contributed by atoms with van der Waals surface area (Å²) in [7, 11) is 10.5. The van der Waals surface area contributed by atoms with Gasteiger partial charge in [0.25, 0.3) is 0 Å². The van der Waals surface area contributed by atoms with Crippen LogP contribution >= 0.6 is 0 Å². The second-order valence-corrected chi connectivity index (χ2v) is 8.43. The van der Waals surface area contributed by atoms with Crippen molar-refractivity contribution in [1.29, 1.82) is 0 Å². The number of rotatable bonds is 14. The van der Waals surface area contributed by atoms with Crippen LogP contribution in [0.15, 0.2) is 60.8 Å². The third-order valence-electron chi connectivity index (χ3n) is 6.06. The van der Waals surface area contributed by atoms with Gasteiger partial charge in [-0.2, -0.15) is 0 Å². The summed E-state index contributed by atoms with van der Waals surface area (Å²) in [6.07, 6.45) is 5.73. The monoisotopic (exact) mass is 578 g/mol. The molecule has 0 atom stereocenters. The third-order valence-corrected chi connectivity index (χ3v) is 6.06. The Morgan fingerprint density at radius 2 is 1.14 bits per heavy atom. The largest absolute Gasteiger partial charge is 0.496 e. The maximum Gasteiger partial charge on any atom is 0.248 e. The van der Waals surface area contributed by atoms with Gasteiger partial charge < -0.3 is 43.8 Å². The Labute approximate surface area is 244 Å². The highest BCUT2D eigenvalue weighted by Gasteiger charge is 2.19. The van der Waals surface area contributed by atoms with E-state index in [4.69, 9.17) is 33.2 Å². The van der Waals surface area contributed by atoms with E-state index in [1.54, 1.807) is 48.5 Å². The van der Waals surface area contributed by atoms with Gasteiger partial charge in [0.05, 0.1) is 61.0 Å². The average Bonchev–Trinajstić information content (AvgIpc) is 3.02. The van der Waals surface area contributed by atoms with Gasteiger partial charge >= 0.3 is 0 Å². The van der Waals surface area contributed by atoms with Gasteiger partial charge in [0.1, 0.15) is 45.8 Å². The van der Waals surface area contributed by atoms with E-state index in [0.717, 1.165) is 0 Å². The second-order valence-electron chi connectivity index (χ2n) is 8.43. The first kappa shape index (κ1) is 31.2. The van der Waals surface area contributed by atoms with Crippen LogP contribution in [0.1, 0.15) is 15.9 Å². The summed E-state index contributed by atoms with van der Waals surface area (Å²) in [4.78, 5) is 25.8. The standard InChI is InChI=1S/C31H34N2O9/c1-36-20-15-26(39-4)22(27(16-20)40-5)9-11-30(35)33-19-8-10-25(38-3)23(14-19)32-13-12-24(34)31-28(41-6)17-21(37-2)18-29(31)42-7/h8-18,32H,1-7H3,(H,33,35)/b11-9+,13-12-. The molecule has 42 heavy (non-hydrogen) atoms. The third kappa shape index (κ3) is 7.45. The van der Waals surface area contributed by atoms with Crippen LogP contribution < -0.4 is 43.8 Å². The van der Waals surface area contributed by atoms with Gasteiger partial charge in [0.2, 0.25) is 5.91 Å². The normalized spacial score (nSPS) is 10.7. The number of carbonyl (C=O) groups excluding carboxylic acids is 2. The zero-order valence-electron chi connectivity index (χ0n) is 24.5. The zero-order chi connectivity index (χ0) is 30.6. The molecule has 222 valence electrons. The number of benzene rings is 3. The Kier molecular flexibility index (Phi) is 11.1. The predicted octanol–water partition coefficient (Wildman–Crippen LogP) is 5.21. The van der Waals surface area contributed by atoms with Crippen LogP contribution in [0.25, 0.3) is 6.08 Å². The maximum absolute atomic E-state index is 13.0. The van der Waals surface area contributed by atoms with E-state index in [1.807, 2.05) is 0 Å². The molecule has 0 aliphatic carbocycles. The fourth-order valence-corrected chi connectivity index (χ4v) is 3.98. The van der Waals surface area contributed by atoms with Crippen molar-refractivity contribution in [2.75, 3.05) is 60.4 Å². The van der Waals surface area contributed by atoms with Gasteiger partial charge in [-0.05, 0) is 24.3 Å². The lowest BCUT2D eigenvalue weighted by molar-refractivity contribution is -0.111. The number of hydrogen-bond donors (Lipinski definition) is 2. The molecule has 0 aliphatic heterocycles. The molecule has 0 bridgehead atoms. The minimum atomic E-state index is -0.393.